The highest BCUT2D eigenvalue weighted by molar-refractivity contribution is 5.79. The van der Waals surface area contributed by atoms with Crippen molar-refractivity contribution in [1.82, 2.24) is 19.7 Å². The van der Waals surface area contributed by atoms with Gasteiger partial charge in [0.05, 0.1) is 0 Å². The van der Waals surface area contributed by atoms with Gasteiger partial charge in [-0.05, 0) is 25.6 Å². The van der Waals surface area contributed by atoms with Crippen molar-refractivity contribution in [3.63, 3.8) is 0 Å². The van der Waals surface area contributed by atoms with Crippen molar-refractivity contribution in [2.24, 2.45) is 0 Å². The van der Waals surface area contributed by atoms with Gasteiger partial charge in [-0.15, -0.1) is 0 Å². The summed E-state index contributed by atoms with van der Waals surface area (Å²) >= 11 is 0. The molecule has 0 saturated carbocycles. The molecule has 7 heteroatoms. The van der Waals surface area contributed by atoms with E-state index in [-0.39, 0.29) is 11.8 Å². The van der Waals surface area contributed by atoms with Crippen molar-refractivity contribution in [2.45, 2.75) is 19.3 Å². The lowest BCUT2D eigenvalue weighted by molar-refractivity contribution is -0.133. The number of anilines is 1. The number of carbonyl (C=O) groups excluding carboxylic acids is 2. The van der Waals surface area contributed by atoms with E-state index in [1.54, 1.807) is 6.20 Å². The van der Waals surface area contributed by atoms with Gasteiger partial charge in [-0.25, -0.2) is 4.98 Å². The van der Waals surface area contributed by atoms with E-state index in [4.69, 9.17) is 0 Å². The van der Waals surface area contributed by atoms with Gasteiger partial charge in [0, 0.05) is 71.4 Å². The van der Waals surface area contributed by atoms with E-state index >= 15 is 0 Å². The number of piperazine rings is 2. The zero-order valence-electron chi connectivity index (χ0n) is 15.6. The number of amides is 2. The van der Waals surface area contributed by atoms with E-state index in [9.17, 15) is 9.59 Å². The predicted molar refractivity (Wildman–Crippen MR) is 101 cm³/mol. The van der Waals surface area contributed by atoms with Gasteiger partial charge in [0.15, 0.2) is 0 Å². The molecule has 0 bridgehead atoms. The number of hydrogen-bond acceptors (Lipinski definition) is 5. The molecule has 0 atom stereocenters. The lowest BCUT2D eigenvalue weighted by atomic mass is 10.1. The van der Waals surface area contributed by atoms with Crippen LogP contribution in [0.15, 0.2) is 24.4 Å². The van der Waals surface area contributed by atoms with Crippen molar-refractivity contribution in [3.8, 4) is 0 Å². The Bertz CT molecular complexity index is 593. The summed E-state index contributed by atoms with van der Waals surface area (Å²) in [7, 11) is 2.08. The van der Waals surface area contributed by atoms with Gasteiger partial charge < -0.3 is 19.6 Å². The van der Waals surface area contributed by atoms with Crippen molar-refractivity contribution in [3.05, 3.63) is 24.4 Å². The minimum Gasteiger partial charge on any atom is -0.353 e. The Hall–Kier alpha value is -2.15. The minimum atomic E-state index is 0.164. The van der Waals surface area contributed by atoms with Crippen LogP contribution in [0.4, 0.5) is 5.82 Å². The van der Waals surface area contributed by atoms with Gasteiger partial charge in [0.1, 0.15) is 5.82 Å². The summed E-state index contributed by atoms with van der Waals surface area (Å²) in [6.45, 7) is 6.55. The number of nitrogens with zero attached hydrogens (tertiary/aromatic N) is 5. The maximum atomic E-state index is 12.4. The fourth-order valence-corrected chi connectivity index (χ4v) is 3.49. The van der Waals surface area contributed by atoms with Crippen molar-refractivity contribution in [2.75, 3.05) is 64.3 Å². The monoisotopic (exact) mass is 359 g/mol. The average Bonchev–Trinajstić information content (AvgIpc) is 2.69. The molecule has 7 nitrogen and oxygen atoms in total. The molecule has 0 aliphatic carbocycles. The highest BCUT2D eigenvalue weighted by Gasteiger charge is 2.23. The number of aromatic nitrogens is 1. The van der Waals surface area contributed by atoms with Crippen molar-refractivity contribution < 1.29 is 9.59 Å². The van der Waals surface area contributed by atoms with Crippen molar-refractivity contribution >= 4 is 17.6 Å². The maximum absolute atomic E-state index is 12.4. The smallest absolute Gasteiger partial charge is 0.222 e. The first-order valence-corrected chi connectivity index (χ1v) is 9.53. The standard InChI is InChI=1S/C19H29N5O2/c1-21-9-11-23(12-10-21)18(25)6-4-7-19(26)24-15-13-22(14-16-24)17-5-2-3-8-20-17/h2-3,5,8H,4,6-7,9-16H2,1H3. The van der Waals surface area contributed by atoms with E-state index in [2.05, 4.69) is 21.8 Å². The lowest BCUT2D eigenvalue weighted by Crippen LogP contribution is -2.49. The van der Waals surface area contributed by atoms with Gasteiger partial charge in [0.25, 0.3) is 0 Å². The molecule has 3 heterocycles. The number of carbonyl (C=O) groups is 2. The van der Waals surface area contributed by atoms with Gasteiger partial charge >= 0.3 is 0 Å². The zero-order valence-corrected chi connectivity index (χ0v) is 15.6. The Labute approximate surface area is 155 Å². The van der Waals surface area contributed by atoms with Crippen LogP contribution in [0.25, 0.3) is 0 Å². The summed E-state index contributed by atoms with van der Waals surface area (Å²) in [6, 6.07) is 5.89. The molecule has 3 rings (SSSR count). The highest BCUT2D eigenvalue weighted by atomic mass is 16.2. The molecular weight excluding hydrogens is 330 g/mol. The van der Waals surface area contributed by atoms with Gasteiger partial charge in [-0.1, -0.05) is 6.07 Å². The third-order valence-electron chi connectivity index (χ3n) is 5.24. The topological polar surface area (TPSA) is 60.0 Å². The molecule has 0 radical (unpaired) electrons. The minimum absolute atomic E-state index is 0.164. The second kappa shape index (κ2) is 8.98. The summed E-state index contributed by atoms with van der Waals surface area (Å²) in [5, 5.41) is 0. The molecule has 1 aromatic rings. The molecule has 1 aromatic heterocycles. The molecule has 0 N–H and O–H groups in total. The van der Waals surface area contributed by atoms with Gasteiger partial charge in [0.2, 0.25) is 11.8 Å². The van der Waals surface area contributed by atoms with Crippen LogP contribution in [0, 0.1) is 0 Å². The Morgan fingerprint density at radius 2 is 1.46 bits per heavy atom. The van der Waals surface area contributed by atoms with E-state index in [0.29, 0.717) is 19.3 Å². The first-order valence-electron chi connectivity index (χ1n) is 9.53. The maximum Gasteiger partial charge on any atom is 0.222 e. The quantitative estimate of drug-likeness (QED) is 0.774. The Morgan fingerprint density at radius 3 is 2.00 bits per heavy atom. The van der Waals surface area contributed by atoms with E-state index < -0.39 is 0 Å². The van der Waals surface area contributed by atoms with Crippen LogP contribution in [0.3, 0.4) is 0 Å². The number of hydrogen-bond donors (Lipinski definition) is 0. The molecule has 0 aromatic carbocycles. The van der Waals surface area contributed by atoms with Crippen LogP contribution in [-0.4, -0.2) is 90.9 Å². The summed E-state index contributed by atoms with van der Waals surface area (Å²) in [4.78, 5) is 37.3. The van der Waals surface area contributed by atoms with Gasteiger partial charge in [-0.2, -0.15) is 0 Å². The Morgan fingerprint density at radius 1 is 0.885 bits per heavy atom. The number of pyridine rings is 1. The molecule has 26 heavy (non-hydrogen) atoms. The fraction of sp³-hybridized carbons (Fsp3) is 0.632. The van der Waals surface area contributed by atoms with Crippen LogP contribution < -0.4 is 4.90 Å². The first-order chi connectivity index (χ1) is 12.6. The highest BCUT2D eigenvalue weighted by Crippen LogP contribution is 2.14. The van der Waals surface area contributed by atoms with E-state index in [0.717, 1.165) is 58.2 Å². The third kappa shape index (κ3) is 4.94. The summed E-state index contributed by atoms with van der Waals surface area (Å²) in [5.74, 6) is 1.32. The predicted octanol–water partition coefficient (Wildman–Crippen LogP) is 0.675. The normalized spacial score (nSPS) is 18.9. The molecule has 2 aliphatic heterocycles. The summed E-state index contributed by atoms with van der Waals surface area (Å²) < 4.78 is 0. The second-order valence-electron chi connectivity index (χ2n) is 7.09. The molecule has 2 fully saturated rings. The third-order valence-corrected chi connectivity index (χ3v) is 5.24. The van der Waals surface area contributed by atoms with Crippen molar-refractivity contribution in [1.29, 1.82) is 0 Å². The molecule has 0 spiro atoms. The zero-order chi connectivity index (χ0) is 18.4. The number of likely N-dealkylation sites (N-methyl/N-ethyl adjacent to an activating group) is 1. The van der Waals surface area contributed by atoms with Gasteiger partial charge in [-0.3, -0.25) is 9.59 Å². The van der Waals surface area contributed by atoms with Crippen LogP contribution >= 0.6 is 0 Å². The van der Waals surface area contributed by atoms with Crippen LogP contribution in [0.1, 0.15) is 19.3 Å². The van der Waals surface area contributed by atoms with Crippen LogP contribution in [0.5, 0.6) is 0 Å². The SMILES string of the molecule is CN1CCN(C(=O)CCCC(=O)N2CCN(c3ccccn3)CC2)CC1. The molecule has 142 valence electrons. The first kappa shape index (κ1) is 18.6. The number of rotatable bonds is 5. The van der Waals surface area contributed by atoms with E-state index in [1.165, 1.54) is 0 Å². The Balaban J connectivity index is 1.35. The molecule has 0 unspecified atom stereocenters. The molecule has 2 saturated heterocycles. The fourth-order valence-electron chi connectivity index (χ4n) is 3.49. The molecule has 2 amide bonds. The second-order valence-corrected chi connectivity index (χ2v) is 7.09. The van der Waals surface area contributed by atoms with E-state index in [1.807, 2.05) is 28.0 Å². The van der Waals surface area contributed by atoms with Crippen LogP contribution in [0.2, 0.25) is 0 Å². The largest absolute Gasteiger partial charge is 0.353 e. The Kier molecular flexibility index (Phi) is 6.44. The summed E-state index contributed by atoms with van der Waals surface area (Å²) in [6.07, 6.45) is 3.38. The molecular formula is C19H29N5O2. The lowest BCUT2D eigenvalue weighted by Gasteiger charge is -2.35. The van der Waals surface area contributed by atoms with Crippen LogP contribution in [-0.2, 0) is 9.59 Å². The average molecular weight is 359 g/mol. The summed E-state index contributed by atoms with van der Waals surface area (Å²) in [5.41, 5.74) is 0. The molecule has 2 aliphatic rings.